The third-order valence-corrected chi connectivity index (χ3v) is 7.66. The van der Waals surface area contributed by atoms with E-state index in [9.17, 15) is 13.2 Å². The molecule has 0 fully saturated rings. The van der Waals surface area contributed by atoms with E-state index in [2.05, 4.69) is 11.9 Å². The zero-order valence-electron chi connectivity index (χ0n) is 18.5. The molecule has 0 atom stereocenters. The Kier molecular flexibility index (Phi) is 8.56. The van der Waals surface area contributed by atoms with Crippen molar-refractivity contribution < 1.29 is 17.9 Å². The summed E-state index contributed by atoms with van der Waals surface area (Å²) in [6.07, 6.45) is 6.49. The number of benzene rings is 2. The van der Waals surface area contributed by atoms with Crippen molar-refractivity contribution in [3.05, 3.63) is 52.8 Å². The van der Waals surface area contributed by atoms with E-state index in [-0.39, 0.29) is 10.8 Å². The highest BCUT2D eigenvalue weighted by atomic mass is 32.2. The van der Waals surface area contributed by atoms with E-state index in [0.717, 1.165) is 41.0 Å². The van der Waals surface area contributed by atoms with Crippen molar-refractivity contribution in [1.82, 2.24) is 4.57 Å². The second-order valence-electron chi connectivity index (χ2n) is 7.43. The predicted octanol–water partition coefficient (Wildman–Crippen LogP) is 4.78. The lowest BCUT2D eigenvalue weighted by Gasteiger charge is -2.06. The number of thiazole rings is 1. The van der Waals surface area contributed by atoms with Crippen LogP contribution in [0.4, 0.5) is 0 Å². The average Bonchev–Trinajstić information content (AvgIpc) is 3.11. The van der Waals surface area contributed by atoms with Gasteiger partial charge < -0.3 is 9.30 Å². The Morgan fingerprint density at radius 3 is 2.56 bits per heavy atom. The Hall–Kier alpha value is -2.10. The van der Waals surface area contributed by atoms with E-state index in [0.29, 0.717) is 23.5 Å². The Bertz CT molecular complexity index is 1240. The summed E-state index contributed by atoms with van der Waals surface area (Å²) >= 11 is 3.02. The second kappa shape index (κ2) is 11.2. The Morgan fingerprint density at radius 1 is 1.16 bits per heavy atom. The standard InChI is InChI=1S/C23H28N2O4S3/c1-4-5-6-14-29-18-9-7-17(8-10-18)22(26)24-23-25(13-15-30-2)20-12-11-19(32(3,27)28)16-21(20)31-23/h7-12,16H,4-6,13-15H2,1-3H3. The van der Waals surface area contributed by atoms with Crippen molar-refractivity contribution in [3.8, 4) is 5.75 Å². The van der Waals surface area contributed by atoms with Gasteiger partial charge in [0, 0.05) is 24.1 Å². The first-order chi connectivity index (χ1) is 15.3. The third-order valence-electron chi connectivity index (χ3n) is 4.92. The first-order valence-electron chi connectivity index (χ1n) is 10.5. The van der Waals surface area contributed by atoms with Crippen molar-refractivity contribution in [2.45, 2.75) is 37.6 Å². The van der Waals surface area contributed by atoms with Gasteiger partial charge in [-0.05, 0) is 55.1 Å². The minimum absolute atomic E-state index is 0.260. The van der Waals surface area contributed by atoms with E-state index in [1.54, 1.807) is 54.2 Å². The number of rotatable bonds is 10. The fraction of sp³-hybridized carbons (Fsp3) is 0.391. The number of amides is 1. The maximum atomic E-state index is 12.8. The number of unbranched alkanes of at least 4 members (excludes halogenated alkanes) is 2. The molecule has 1 heterocycles. The molecule has 2 aromatic carbocycles. The molecular formula is C23H28N2O4S3. The van der Waals surface area contributed by atoms with Gasteiger partial charge >= 0.3 is 0 Å². The molecular weight excluding hydrogens is 464 g/mol. The van der Waals surface area contributed by atoms with Crippen molar-refractivity contribution >= 4 is 49.1 Å². The number of aromatic nitrogens is 1. The van der Waals surface area contributed by atoms with E-state index in [4.69, 9.17) is 4.74 Å². The molecule has 32 heavy (non-hydrogen) atoms. The summed E-state index contributed by atoms with van der Waals surface area (Å²) in [7, 11) is -3.31. The Balaban J connectivity index is 1.90. The van der Waals surface area contributed by atoms with Crippen LogP contribution in [0.15, 0.2) is 52.4 Å². The number of sulfone groups is 1. The number of nitrogens with zero attached hydrogens (tertiary/aromatic N) is 2. The van der Waals surface area contributed by atoms with Gasteiger partial charge in [0.15, 0.2) is 14.6 Å². The molecule has 0 saturated carbocycles. The SMILES string of the molecule is CCCCCOc1ccc(C(=O)N=c2sc3cc(S(C)(=O)=O)ccc3n2CCSC)cc1. The number of aryl methyl sites for hydroxylation is 1. The third kappa shape index (κ3) is 6.24. The fourth-order valence-electron chi connectivity index (χ4n) is 3.16. The summed E-state index contributed by atoms with van der Waals surface area (Å²) in [6.45, 7) is 3.49. The van der Waals surface area contributed by atoms with Crippen LogP contribution in [0, 0.1) is 0 Å². The summed E-state index contributed by atoms with van der Waals surface area (Å²) in [5.41, 5.74) is 1.36. The minimum Gasteiger partial charge on any atom is -0.494 e. The van der Waals surface area contributed by atoms with E-state index in [1.165, 1.54) is 17.6 Å². The first kappa shape index (κ1) is 24.5. The summed E-state index contributed by atoms with van der Waals surface area (Å²) in [5.74, 6) is 1.25. The zero-order valence-corrected chi connectivity index (χ0v) is 21.0. The van der Waals surface area contributed by atoms with Crippen molar-refractivity contribution in [1.29, 1.82) is 0 Å². The number of hydrogen-bond acceptors (Lipinski definition) is 6. The average molecular weight is 493 g/mol. The largest absolute Gasteiger partial charge is 0.494 e. The van der Waals surface area contributed by atoms with Crippen molar-refractivity contribution in [3.63, 3.8) is 0 Å². The molecule has 0 bridgehead atoms. The summed E-state index contributed by atoms with van der Waals surface area (Å²) in [6, 6.07) is 12.1. The number of hydrogen-bond donors (Lipinski definition) is 0. The van der Waals surface area contributed by atoms with Gasteiger partial charge in [0.05, 0.1) is 21.7 Å². The number of fused-ring (bicyclic) bond motifs is 1. The van der Waals surface area contributed by atoms with Gasteiger partial charge in [-0.1, -0.05) is 31.1 Å². The summed E-state index contributed by atoms with van der Waals surface area (Å²) < 4.78 is 32.3. The molecule has 0 saturated heterocycles. The van der Waals surface area contributed by atoms with Gasteiger partial charge in [0.2, 0.25) is 0 Å². The van der Waals surface area contributed by atoms with Crippen LogP contribution in [0.1, 0.15) is 36.5 Å². The van der Waals surface area contributed by atoms with Crippen LogP contribution >= 0.6 is 23.1 Å². The van der Waals surface area contributed by atoms with Crippen LogP contribution in [-0.2, 0) is 16.4 Å². The molecule has 0 aliphatic heterocycles. The van der Waals surface area contributed by atoms with E-state index >= 15 is 0 Å². The quantitative estimate of drug-likeness (QED) is 0.381. The topological polar surface area (TPSA) is 77.7 Å². The lowest BCUT2D eigenvalue weighted by molar-refractivity contribution is 0.0998. The summed E-state index contributed by atoms with van der Waals surface area (Å²) in [5, 5.41) is 0. The number of thioether (sulfide) groups is 1. The van der Waals surface area contributed by atoms with Crippen LogP contribution in [0.2, 0.25) is 0 Å². The molecule has 0 N–H and O–H groups in total. The van der Waals surface area contributed by atoms with Crippen LogP contribution in [-0.4, -0.2) is 43.8 Å². The van der Waals surface area contributed by atoms with Gasteiger partial charge in [-0.2, -0.15) is 16.8 Å². The lowest BCUT2D eigenvalue weighted by atomic mass is 10.2. The molecule has 3 rings (SSSR count). The van der Waals surface area contributed by atoms with E-state index < -0.39 is 9.84 Å². The Labute approximate surface area is 197 Å². The van der Waals surface area contributed by atoms with Gasteiger partial charge in [0.25, 0.3) is 5.91 Å². The molecule has 9 heteroatoms. The second-order valence-corrected chi connectivity index (χ2v) is 11.4. The molecule has 0 unspecified atom stereocenters. The highest BCUT2D eigenvalue weighted by Crippen LogP contribution is 2.22. The first-order valence-corrected chi connectivity index (χ1v) is 14.6. The predicted molar refractivity (Wildman–Crippen MR) is 133 cm³/mol. The summed E-state index contributed by atoms with van der Waals surface area (Å²) in [4.78, 5) is 18.0. The van der Waals surface area contributed by atoms with Crippen LogP contribution in [0.25, 0.3) is 10.2 Å². The van der Waals surface area contributed by atoms with Crippen molar-refractivity contribution in [2.24, 2.45) is 4.99 Å². The van der Waals surface area contributed by atoms with Crippen LogP contribution < -0.4 is 9.54 Å². The molecule has 0 spiro atoms. The number of ether oxygens (including phenoxy) is 1. The molecule has 172 valence electrons. The number of carbonyl (C=O) groups is 1. The highest BCUT2D eigenvalue weighted by molar-refractivity contribution is 7.98. The molecule has 1 aromatic heterocycles. The monoisotopic (exact) mass is 492 g/mol. The molecule has 0 aliphatic carbocycles. The van der Waals surface area contributed by atoms with Gasteiger partial charge in [-0.25, -0.2) is 8.42 Å². The van der Waals surface area contributed by atoms with Gasteiger partial charge in [-0.15, -0.1) is 0 Å². The molecule has 0 radical (unpaired) electrons. The maximum Gasteiger partial charge on any atom is 0.279 e. The van der Waals surface area contributed by atoms with Gasteiger partial charge in [-0.3, -0.25) is 4.79 Å². The van der Waals surface area contributed by atoms with Gasteiger partial charge in [0.1, 0.15) is 5.75 Å². The normalized spacial score (nSPS) is 12.4. The smallest absolute Gasteiger partial charge is 0.279 e. The highest BCUT2D eigenvalue weighted by Gasteiger charge is 2.13. The molecule has 3 aromatic rings. The van der Waals surface area contributed by atoms with Crippen molar-refractivity contribution in [2.75, 3.05) is 24.9 Å². The molecule has 6 nitrogen and oxygen atoms in total. The number of carbonyl (C=O) groups excluding carboxylic acids is 1. The van der Waals surface area contributed by atoms with Crippen LogP contribution in [0.5, 0.6) is 5.75 Å². The van der Waals surface area contributed by atoms with E-state index in [1.807, 2.05) is 10.8 Å². The maximum absolute atomic E-state index is 12.8. The minimum atomic E-state index is -3.31. The molecule has 1 amide bonds. The fourth-order valence-corrected chi connectivity index (χ4v) is 5.34. The Morgan fingerprint density at radius 2 is 1.91 bits per heavy atom. The van der Waals surface area contributed by atoms with Crippen LogP contribution in [0.3, 0.4) is 0 Å². The lowest BCUT2D eigenvalue weighted by Crippen LogP contribution is -2.18. The molecule has 0 aliphatic rings. The zero-order chi connectivity index (χ0) is 23.1.